The van der Waals surface area contributed by atoms with Crippen molar-refractivity contribution in [3.05, 3.63) is 70.3 Å². The van der Waals surface area contributed by atoms with Crippen LogP contribution in [0.15, 0.2) is 58.0 Å². The van der Waals surface area contributed by atoms with Crippen LogP contribution in [-0.4, -0.2) is 28.6 Å². The molecular weight excluding hydrogens is 394 g/mol. The minimum absolute atomic E-state index is 0.0886. The van der Waals surface area contributed by atoms with E-state index < -0.39 is 0 Å². The van der Waals surface area contributed by atoms with Crippen molar-refractivity contribution in [1.82, 2.24) is 14.9 Å². The highest BCUT2D eigenvalue weighted by Gasteiger charge is 2.19. The lowest BCUT2D eigenvalue weighted by molar-refractivity contribution is -0.123. The van der Waals surface area contributed by atoms with Crippen LogP contribution in [0, 0.1) is 0 Å². The Balaban J connectivity index is 1.13. The first kappa shape index (κ1) is 19.4. The number of hydrogen-bond acceptors (Lipinski definition) is 5. The molecule has 5 rings (SSSR count). The van der Waals surface area contributed by atoms with Crippen molar-refractivity contribution in [2.45, 2.75) is 32.2 Å². The largest absolute Gasteiger partial charge is 0.484 e. The summed E-state index contributed by atoms with van der Waals surface area (Å²) in [6, 6.07) is 13.4. The number of imidazole rings is 1. The molecule has 0 saturated carbocycles. The fourth-order valence-electron chi connectivity index (χ4n) is 4.22. The number of hydrogen-bond donors (Lipinski definition) is 1. The molecule has 7 heteroatoms. The standard InChI is InChI=1S/C24H23N3O4/c28-23(25-11-4-12-27-15-26-20-7-1-2-8-21(20)27)14-30-16-9-10-18-17-5-3-6-19(17)24(29)31-22(18)13-16/h1-2,7-10,13,15H,3-6,11-12,14H2,(H,25,28). The maximum Gasteiger partial charge on any atom is 0.339 e. The molecule has 0 unspecified atom stereocenters. The molecule has 0 saturated heterocycles. The molecule has 0 radical (unpaired) electrons. The average Bonchev–Trinajstić information content (AvgIpc) is 3.43. The van der Waals surface area contributed by atoms with Crippen molar-refractivity contribution < 1.29 is 13.9 Å². The number of benzene rings is 2. The Bertz CT molecular complexity index is 1320. The third-order valence-electron chi connectivity index (χ3n) is 5.74. The zero-order valence-electron chi connectivity index (χ0n) is 17.1. The van der Waals surface area contributed by atoms with Crippen LogP contribution in [0.25, 0.3) is 22.0 Å². The van der Waals surface area contributed by atoms with E-state index in [4.69, 9.17) is 9.15 Å². The summed E-state index contributed by atoms with van der Waals surface area (Å²) in [7, 11) is 0. The van der Waals surface area contributed by atoms with Crippen molar-refractivity contribution >= 4 is 27.9 Å². The van der Waals surface area contributed by atoms with Crippen molar-refractivity contribution in [2.75, 3.05) is 13.2 Å². The van der Waals surface area contributed by atoms with Crippen LogP contribution in [0.2, 0.25) is 0 Å². The molecule has 0 aliphatic heterocycles. The van der Waals surface area contributed by atoms with E-state index in [9.17, 15) is 9.59 Å². The van der Waals surface area contributed by atoms with Crippen molar-refractivity contribution in [1.29, 1.82) is 0 Å². The number of nitrogens with zero attached hydrogens (tertiary/aromatic N) is 2. The molecule has 0 fully saturated rings. The first-order valence-corrected chi connectivity index (χ1v) is 10.6. The van der Waals surface area contributed by atoms with Gasteiger partial charge in [-0.05, 0) is 55.5 Å². The maximum atomic E-state index is 12.1. The van der Waals surface area contributed by atoms with Gasteiger partial charge in [-0.25, -0.2) is 9.78 Å². The number of carbonyl (C=O) groups is 1. The van der Waals surface area contributed by atoms with Crippen LogP contribution in [0.3, 0.4) is 0 Å². The zero-order chi connectivity index (χ0) is 21.2. The van der Waals surface area contributed by atoms with Gasteiger partial charge in [0.1, 0.15) is 11.3 Å². The quantitative estimate of drug-likeness (QED) is 0.369. The molecule has 158 valence electrons. The lowest BCUT2D eigenvalue weighted by atomic mass is 10.1. The summed E-state index contributed by atoms with van der Waals surface area (Å²) >= 11 is 0. The maximum absolute atomic E-state index is 12.1. The Hall–Kier alpha value is -3.61. The molecule has 1 amide bonds. The lowest BCUT2D eigenvalue weighted by Gasteiger charge is -2.09. The van der Waals surface area contributed by atoms with Crippen LogP contribution in [-0.2, 0) is 24.2 Å². The molecule has 1 aliphatic carbocycles. The van der Waals surface area contributed by atoms with E-state index in [1.54, 1.807) is 6.07 Å². The van der Waals surface area contributed by atoms with Gasteiger partial charge in [0.25, 0.3) is 5.91 Å². The molecule has 2 aromatic heterocycles. The van der Waals surface area contributed by atoms with Crippen molar-refractivity contribution in [3.8, 4) is 5.75 Å². The Morgan fingerprint density at radius 1 is 1.16 bits per heavy atom. The van der Waals surface area contributed by atoms with Crippen LogP contribution >= 0.6 is 0 Å². The van der Waals surface area contributed by atoms with E-state index in [1.165, 1.54) is 0 Å². The normalized spacial score (nSPS) is 12.9. The van der Waals surface area contributed by atoms with Gasteiger partial charge < -0.3 is 19.0 Å². The number of carbonyl (C=O) groups excluding carboxylic acids is 1. The number of para-hydroxylation sites is 2. The number of ether oxygens (including phenoxy) is 1. The molecule has 2 heterocycles. The average molecular weight is 417 g/mol. The molecule has 0 spiro atoms. The monoisotopic (exact) mass is 417 g/mol. The number of aryl methyl sites for hydroxylation is 2. The summed E-state index contributed by atoms with van der Waals surface area (Å²) in [6.45, 7) is 1.23. The number of rotatable bonds is 7. The van der Waals surface area contributed by atoms with E-state index in [0.29, 0.717) is 17.9 Å². The summed E-state index contributed by atoms with van der Waals surface area (Å²) in [5.74, 6) is 0.319. The highest BCUT2D eigenvalue weighted by Crippen LogP contribution is 2.29. The molecule has 7 nitrogen and oxygen atoms in total. The van der Waals surface area contributed by atoms with Gasteiger partial charge in [-0.1, -0.05) is 12.1 Å². The van der Waals surface area contributed by atoms with Gasteiger partial charge in [0.15, 0.2) is 6.61 Å². The van der Waals surface area contributed by atoms with Gasteiger partial charge >= 0.3 is 5.63 Å². The lowest BCUT2D eigenvalue weighted by Crippen LogP contribution is -2.30. The SMILES string of the molecule is O=C(COc1ccc2c3c(c(=O)oc2c1)CCC3)NCCCn1cnc2ccccc21. The Morgan fingerprint density at radius 2 is 2.03 bits per heavy atom. The summed E-state index contributed by atoms with van der Waals surface area (Å²) in [5, 5.41) is 3.83. The fraction of sp³-hybridized carbons (Fsp3) is 0.292. The van der Waals surface area contributed by atoms with E-state index in [2.05, 4.69) is 14.9 Å². The molecule has 31 heavy (non-hydrogen) atoms. The van der Waals surface area contributed by atoms with Crippen molar-refractivity contribution in [3.63, 3.8) is 0 Å². The highest BCUT2D eigenvalue weighted by molar-refractivity contribution is 5.83. The van der Waals surface area contributed by atoms with Gasteiger partial charge in [0.05, 0.1) is 17.4 Å². The fourth-order valence-corrected chi connectivity index (χ4v) is 4.22. The summed E-state index contributed by atoms with van der Waals surface area (Å²) in [6.07, 6.45) is 5.27. The van der Waals surface area contributed by atoms with E-state index in [0.717, 1.165) is 59.8 Å². The third-order valence-corrected chi connectivity index (χ3v) is 5.74. The summed E-state index contributed by atoms with van der Waals surface area (Å²) in [4.78, 5) is 28.6. The Morgan fingerprint density at radius 3 is 2.97 bits per heavy atom. The predicted molar refractivity (Wildman–Crippen MR) is 117 cm³/mol. The van der Waals surface area contributed by atoms with Gasteiger partial charge in [-0.3, -0.25) is 4.79 Å². The van der Waals surface area contributed by atoms with Gasteiger partial charge in [0, 0.05) is 30.1 Å². The third kappa shape index (κ3) is 3.91. The van der Waals surface area contributed by atoms with E-state index >= 15 is 0 Å². The number of aromatic nitrogens is 2. The zero-order valence-corrected chi connectivity index (χ0v) is 17.1. The minimum atomic E-state index is -0.263. The summed E-state index contributed by atoms with van der Waals surface area (Å²) in [5.41, 5.74) is 4.18. The molecule has 1 N–H and O–H groups in total. The molecule has 0 bridgehead atoms. The van der Waals surface area contributed by atoms with Gasteiger partial charge in [0.2, 0.25) is 0 Å². The topological polar surface area (TPSA) is 86.4 Å². The summed E-state index contributed by atoms with van der Waals surface area (Å²) < 4.78 is 13.1. The molecule has 2 aromatic carbocycles. The molecule has 0 atom stereocenters. The first-order chi connectivity index (χ1) is 15.2. The van der Waals surface area contributed by atoms with Gasteiger partial charge in [-0.15, -0.1) is 0 Å². The van der Waals surface area contributed by atoms with Crippen LogP contribution in [0.4, 0.5) is 0 Å². The highest BCUT2D eigenvalue weighted by atomic mass is 16.5. The smallest absolute Gasteiger partial charge is 0.339 e. The molecule has 1 aliphatic rings. The number of nitrogens with one attached hydrogen (secondary N) is 1. The van der Waals surface area contributed by atoms with Crippen LogP contribution < -0.4 is 15.7 Å². The van der Waals surface area contributed by atoms with Gasteiger partial charge in [-0.2, -0.15) is 0 Å². The minimum Gasteiger partial charge on any atom is -0.484 e. The second kappa shape index (κ2) is 8.26. The van der Waals surface area contributed by atoms with Crippen molar-refractivity contribution in [2.24, 2.45) is 0 Å². The Kier molecular flexibility index (Phi) is 5.16. The Labute approximate surface area is 178 Å². The van der Waals surface area contributed by atoms with E-state index in [-0.39, 0.29) is 18.1 Å². The molecule has 4 aromatic rings. The predicted octanol–water partition coefficient (Wildman–Crippen LogP) is 3.22. The second-order valence-electron chi connectivity index (χ2n) is 7.78. The van der Waals surface area contributed by atoms with Crippen LogP contribution in [0.1, 0.15) is 24.0 Å². The number of fused-ring (bicyclic) bond motifs is 4. The second-order valence-corrected chi connectivity index (χ2v) is 7.78. The molecular formula is C24H23N3O4. The van der Waals surface area contributed by atoms with E-state index in [1.807, 2.05) is 42.7 Å². The first-order valence-electron chi connectivity index (χ1n) is 10.6. The van der Waals surface area contributed by atoms with Crippen LogP contribution in [0.5, 0.6) is 5.75 Å². The number of amides is 1.